The molecule has 19 heavy (non-hydrogen) atoms. The minimum absolute atomic E-state index is 0.0900. The lowest BCUT2D eigenvalue weighted by Crippen LogP contribution is -2.58. The Hall–Kier alpha value is -1.30. The predicted octanol–water partition coefficient (Wildman–Crippen LogP) is 0.476. The van der Waals surface area contributed by atoms with E-state index in [0.29, 0.717) is 32.3 Å². The van der Waals surface area contributed by atoms with Gasteiger partial charge in [-0.3, -0.25) is 4.79 Å². The van der Waals surface area contributed by atoms with Crippen molar-refractivity contribution in [1.29, 1.82) is 0 Å². The van der Waals surface area contributed by atoms with E-state index in [4.69, 9.17) is 4.74 Å². The molecule has 1 saturated heterocycles. The second kappa shape index (κ2) is 6.75. The van der Waals surface area contributed by atoms with Crippen molar-refractivity contribution in [2.75, 3.05) is 26.3 Å². The van der Waals surface area contributed by atoms with Crippen LogP contribution in [0.25, 0.3) is 0 Å². The molecular weight excluding hydrogens is 246 g/mol. The van der Waals surface area contributed by atoms with Gasteiger partial charge in [0.05, 0.1) is 13.2 Å². The van der Waals surface area contributed by atoms with E-state index in [0.717, 1.165) is 25.7 Å². The number of urea groups is 1. The van der Waals surface area contributed by atoms with E-state index in [2.05, 4.69) is 17.6 Å². The molecule has 108 valence electrons. The number of morpholine rings is 1. The molecule has 1 atom stereocenters. The van der Waals surface area contributed by atoms with Gasteiger partial charge in [-0.2, -0.15) is 0 Å². The van der Waals surface area contributed by atoms with E-state index < -0.39 is 6.04 Å². The van der Waals surface area contributed by atoms with E-state index in [1.54, 1.807) is 4.90 Å². The Bertz CT molecular complexity index is 331. The molecule has 1 saturated carbocycles. The van der Waals surface area contributed by atoms with Gasteiger partial charge >= 0.3 is 6.03 Å². The molecule has 0 radical (unpaired) electrons. The molecule has 0 aromatic rings. The molecule has 1 heterocycles. The summed E-state index contributed by atoms with van der Waals surface area (Å²) in [5.74, 6) is -0.0900. The number of nitrogens with zero attached hydrogens (tertiary/aromatic N) is 1. The molecule has 2 N–H and O–H groups in total. The van der Waals surface area contributed by atoms with Gasteiger partial charge in [0.2, 0.25) is 5.91 Å². The summed E-state index contributed by atoms with van der Waals surface area (Å²) in [5.41, 5.74) is 0. The number of nitrogens with one attached hydrogen (secondary N) is 2. The number of unbranched alkanes of at least 4 members (excludes halogenated alkanes) is 1. The van der Waals surface area contributed by atoms with E-state index in [1.807, 2.05) is 0 Å². The third kappa shape index (κ3) is 4.09. The number of hydrogen-bond acceptors (Lipinski definition) is 3. The maximum absolute atomic E-state index is 12.1. The van der Waals surface area contributed by atoms with Crippen molar-refractivity contribution >= 4 is 11.9 Å². The molecule has 6 heteroatoms. The summed E-state index contributed by atoms with van der Waals surface area (Å²) < 4.78 is 5.33. The first kappa shape index (κ1) is 14.1. The lowest BCUT2D eigenvalue weighted by atomic mass is 10.2. The summed E-state index contributed by atoms with van der Waals surface area (Å²) in [6.07, 6.45) is 4.08. The third-order valence-corrected chi connectivity index (χ3v) is 3.42. The fraction of sp³-hybridized carbons (Fsp3) is 0.846. The molecule has 1 unspecified atom stereocenters. The molecule has 0 aromatic heterocycles. The highest BCUT2D eigenvalue weighted by atomic mass is 16.5. The largest absolute Gasteiger partial charge is 0.377 e. The van der Waals surface area contributed by atoms with Crippen LogP contribution in [-0.2, 0) is 9.53 Å². The van der Waals surface area contributed by atoms with Gasteiger partial charge in [-0.1, -0.05) is 13.3 Å². The van der Waals surface area contributed by atoms with Crippen LogP contribution in [0, 0.1) is 0 Å². The standard InChI is InChI=1S/C13H23N3O3/c1-2-3-6-14-13(18)16-7-8-19-9-11(16)12(17)15-10-4-5-10/h10-11H,2-9H2,1H3,(H,14,18)(H,15,17). The summed E-state index contributed by atoms with van der Waals surface area (Å²) in [7, 11) is 0. The molecule has 2 aliphatic rings. The number of rotatable bonds is 5. The first-order valence-electron chi connectivity index (χ1n) is 7.15. The van der Waals surface area contributed by atoms with Crippen molar-refractivity contribution in [3.05, 3.63) is 0 Å². The molecule has 6 nitrogen and oxygen atoms in total. The molecule has 2 fully saturated rings. The number of ether oxygens (including phenoxy) is 1. The first-order chi connectivity index (χ1) is 9.22. The van der Waals surface area contributed by atoms with Crippen molar-refractivity contribution in [3.8, 4) is 0 Å². The third-order valence-electron chi connectivity index (χ3n) is 3.42. The second-order valence-electron chi connectivity index (χ2n) is 5.15. The highest BCUT2D eigenvalue weighted by Gasteiger charge is 2.35. The normalized spacial score (nSPS) is 23.0. The summed E-state index contributed by atoms with van der Waals surface area (Å²) in [4.78, 5) is 25.7. The van der Waals surface area contributed by atoms with Crippen molar-refractivity contribution in [2.45, 2.75) is 44.7 Å². The molecule has 0 aromatic carbocycles. The minimum atomic E-state index is -0.490. The van der Waals surface area contributed by atoms with Gasteiger partial charge in [-0.25, -0.2) is 4.79 Å². The van der Waals surface area contributed by atoms with Crippen LogP contribution >= 0.6 is 0 Å². The van der Waals surface area contributed by atoms with E-state index >= 15 is 0 Å². The van der Waals surface area contributed by atoms with Gasteiger partial charge < -0.3 is 20.3 Å². The number of carbonyl (C=O) groups excluding carboxylic acids is 2. The van der Waals surface area contributed by atoms with Gasteiger partial charge in [0.1, 0.15) is 6.04 Å². The van der Waals surface area contributed by atoms with Gasteiger partial charge in [-0.05, 0) is 19.3 Å². The topological polar surface area (TPSA) is 70.7 Å². The molecule has 3 amide bonds. The fourth-order valence-corrected chi connectivity index (χ4v) is 2.06. The zero-order chi connectivity index (χ0) is 13.7. The summed E-state index contributed by atoms with van der Waals surface area (Å²) in [6, 6.07) is -0.344. The van der Waals surface area contributed by atoms with Crippen LogP contribution in [-0.4, -0.2) is 55.2 Å². The zero-order valence-corrected chi connectivity index (χ0v) is 11.5. The molecule has 1 aliphatic carbocycles. The Morgan fingerprint density at radius 2 is 2.16 bits per heavy atom. The van der Waals surface area contributed by atoms with E-state index in [1.165, 1.54) is 0 Å². The Balaban J connectivity index is 1.86. The monoisotopic (exact) mass is 269 g/mol. The first-order valence-corrected chi connectivity index (χ1v) is 7.15. The lowest BCUT2D eigenvalue weighted by Gasteiger charge is -2.34. The Morgan fingerprint density at radius 3 is 2.84 bits per heavy atom. The number of amides is 3. The Morgan fingerprint density at radius 1 is 1.37 bits per heavy atom. The lowest BCUT2D eigenvalue weighted by molar-refractivity contribution is -0.130. The maximum atomic E-state index is 12.1. The van der Waals surface area contributed by atoms with Crippen LogP contribution in [0.3, 0.4) is 0 Å². The number of hydrogen-bond donors (Lipinski definition) is 2. The van der Waals surface area contributed by atoms with E-state index in [-0.39, 0.29) is 11.9 Å². The fourth-order valence-electron chi connectivity index (χ4n) is 2.06. The zero-order valence-electron chi connectivity index (χ0n) is 11.5. The minimum Gasteiger partial charge on any atom is -0.377 e. The summed E-state index contributed by atoms with van der Waals surface area (Å²) in [6.45, 7) is 3.99. The van der Waals surface area contributed by atoms with Gasteiger partial charge in [0, 0.05) is 19.1 Å². The quantitative estimate of drug-likeness (QED) is 0.713. The average Bonchev–Trinajstić information content (AvgIpc) is 3.23. The van der Waals surface area contributed by atoms with Gasteiger partial charge in [0.25, 0.3) is 0 Å². The van der Waals surface area contributed by atoms with E-state index in [9.17, 15) is 9.59 Å². The Labute approximate surface area is 113 Å². The summed E-state index contributed by atoms with van der Waals surface area (Å²) >= 11 is 0. The van der Waals surface area contributed by atoms with Crippen LogP contribution in [0.2, 0.25) is 0 Å². The predicted molar refractivity (Wildman–Crippen MR) is 70.8 cm³/mol. The van der Waals surface area contributed by atoms with Crippen LogP contribution in [0.1, 0.15) is 32.6 Å². The smallest absolute Gasteiger partial charge is 0.318 e. The number of carbonyl (C=O) groups is 2. The molecule has 2 rings (SSSR count). The highest BCUT2D eigenvalue weighted by Crippen LogP contribution is 2.19. The maximum Gasteiger partial charge on any atom is 0.318 e. The van der Waals surface area contributed by atoms with Gasteiger partial charge in [0.15, 0.2) is 0 Å². The van der Waals surface area contributed by atoms with Crippen LogP contribution in [0.15, 0.2) is 0 Å². The summed E-state index contributed by atoms with van der Waals surface area (Å²) in [5, 5.41) is 5.79. The van der Waals surface area contributed by atoms with Crippen molar-refractivity contribution in [3.63, 3.8) is 0 Å². The van der Waals surface area contributed by atoms with Crippen molar-refractivity contribution in [1.82, 2.24) is 15.5 Å². The highest BCUT2D eigenvalue weighted by molar-refractivity contribution is 5.87. The SMILES string of the molecule is CCCCNC(=O)N1CCOCC1C(=O)NC1CC1. The molecule has 1 aliphatic heterocycles. The van der Waals surface area contributed by atoms with Crippen molar-refractivity contribution in [2.24, 2.45) is 0 Å². The van der Waals surface area contributed by atoms with Crippen LogP contribution in [0.4, 0.5) is 4.79 Å². The molecular formula is C13H23N3O3. The Kier molecular flexibility index (Phi) is 5.01. The van der Waals surface area contributed by atoms with Crippen molar-refractivity contribution < 1.29 is 14.3 Å². The van der Waals surface area contributed by atoms with Crippen LogP contribution < -0.4 is 10.6 Å². The second-order valence-corrected chi connectivity index (χ2v) is 5.15. The molecule has 0 spiro atoms. The molecule has 0 bridgehead atoms. The van der Waals surface area contributed by atoms with Gasteiger partial charge in [-0.15, -0.1) is 0 Å². The average molecular weight is 269 g/mol. The van der Waals surface area contributed by atoms with Crippen LogP contribution in [0.5, 0.6) is 0 Å².